The van der Waals surface area contributed by atoms with Crippen LogP contribution in [-0.4, -0.2) is 18.1 Å². The van der Waals surface area contributed by atoms with Gasteiger partial charge in [-0.1, -0.05) is 12.1 Å². The lowest BCUT2D eigenvalue weighted by Crippen LogP contribution is -2.31. The molecule has 9 heteroatoms. The number of benzene rings is 2. The third kappa shape index (κ3) is 7.27. The number of nitrogen functional groups attached to an aromatic ring is 2. The van der Waals surface area contributed by atoms with Crippen LogP contribution in [0.4, 0.5) is 24.5 Å². The smallest absolute Gasteiger partial charge is 0.391 e. The van der Waals surface area contributed by atoms with Crippen molar-refractivity contribution in [1.82, 2.24) is 0 Å². The molecule has 0 bridgehead atoms. The standard InChI is InChI=1S/C24H25F3N2O4/c25-24(26,27)18-6-4-17(5-7-18)23(31)33-21-8-1-15(2-9-21)3-10-22(30)32-14-16-11-19(28)13-20(29)12-16/h1-3,8-13,17-18H,4-7,14,28-29H2/b10-3+. The third-order valence-corrected chi connectivity index (χ3v) is 5.45. The molecule has 0 heterocycles. The van der Waals surface area contributed by atoms with Crippen molar-refractivity contribution >= 4 is 29.4 Å². The second-order valence-corrected chi connectivity index (χ2v) is 8.03. The first-order valence-corrected chi connectivity index (χ1v) is 10.5. The first-order chi connectivity index (χ1) is 15.6. The molecule has 1 aliphatic carbocycles. The van der Waals surface area contributed by atoms with Crippen LogP contribution in [0.5, 0.6) is 5.75 Å². The van der Waals surface area contributed by atoms with Gasteiger partial charge in [0, 0.05) is 17.5 Å². The Morgan fingerprint density at radius 3 is 2.15 bits per heavy atom. The average Bonchev–Trinajstić information content (AvgIpc) is 2.76. The molecule has 0 saturated heterocycles. The molecule has 176 valence electrons. The molecule has 3 rings (SSSR count). The molecule has 0 amide bonds. The molecule has 33 heavy (non-hydrogen) atoms. The molecule has 6 nitrogen and oxygen atoms in total. The van der Waals surface area contributed by atoms with Crippen LogP contribution in [0.15, 0.2) is 48.5 Å². The van der Waals surface area contributed by atoms with Crippen LogP contribution in [0.3, 0.4) is 0 Å². The Labute approximate surface area is 189 Å². The number of hydrogen-bond acceptors (Lipinski definition) is 6. The van der Waals surface area contributed by atoms with Gasteiger partial charge in [-0.05, 0) is 73.2 Å². The van der Waals surface area contributed by atoms with Crippen LogP contribution in [0.2, 0.25) is 0 Å². The molecule has 1 fully saturated rings. The SMILES string of the molecule is Nc1cc(N)cc(COC(=O)/C=C/c2ccc(OC(=O)C3CCC(C(F)(F)F)CC3)cc2)c1. The molecule has 0 radical (unpaired) electrons. The Hall–Kier alpha value is -3.49. The van der Waals surface area contributed by atoms with Gasteiger partial charge in [-0.2, -0.15) is 13.2 Å². The molecular formula is C24H25F3N2O4. The van der Waals surface area contributed by atoms with E-state index < -0.39 is 30.0 Å². The highest BCUT2D eigenvalue weighted by molar-refractivity contribution is 5.87. The highest BCUT2D eigenvalue weighted by Crippen LogP contribution is 2.39. The fraction of sp³-hybridized carbons (Fsp3) is 0.333. The normalized spacial score (nSPS) is 18.8. The number of carbonyl (C=O) groups is 2. The van der Waals surface area contributed by atoms with E-state index in [1.54, 1.807) is 48.5 Å². The van der Waals surface area contributed by atoms with E-state index in [2.05, 4.69) is 0 Å². The number of rotatable bonds is 6. The maximum absolute atomic E-state index is 12.8. The second-order valence-electron chi connectivity index (χ2n) is 8.03. The van der Waals surface area contributed by atoms with E-state index in [4.69, 9.17) is 20.9 Å². The molecular weight excluding hydrogens is 437 g/mol. The summed E-state index contributed by atoms with van der Waals surface area (Å²) in [6.45, 7) is 0.0260. The summed E-state index contributed by atoms with van der Waals surface area (Å²) in [6.07, 6.45) is -1.21. The van der Waals surface area contributed by atoms with Crippen LogP contribution in [-0.2, 0) is 20.9 Å². The number of halogens is 3. The summed E-state index contributed by atoms with van der Waals surface area (Å²) in [5, 5.41) is 0. The molecule has 1 aliphatic rings. The lowest BCUT2D eigenvalue weighted by Gasteiger charge is -2.28. The Kier molecular flexibility index (Phi) is 7.63. The van der Waals surface area contributed by atoms with Gasteiger partial charge < -0.3 is 20.9 Å². The number of carbonyl (C=O) groups excluding carboxylic acids is 2. The predicted octanol–water partition coefficient (Wildman–Crippen LogP) is 4.88. The Balaban J connectivity index is 1.46. The molecule has 2 aromatic rings. The summed E-state index contributed by atoms with van der Waals surface area (Å²) in [5.74, 6) is -2.67. The van der Waals surface area contributed by atoms with Crippen LogP contribution >= 0.6 is 0 Å². The van der Waals surface area contributed by atoms with Gasteiger partial charge in [0.05, 0.1) is 11.8 Å². The van der Waals surface area contributed by atoms with E-state index in [9.17, 15) is 22.8 Å². The van der Waals surface area contributed by atoms with Gasteiger partial charge in [0.15, 0.2) is 0 Å². The third-order valence-electron chi connectivity index (χ3n) is 5.45. The van der Waals surface area contributed by atoms with E-state index >= 15 is 0 Å². The van der Waals surface area contributed by atoms with E-state index in [-0.39, 0.29) is 38.0 Å². The molecule has 0 atom stereocenters. The highest BCUT2D eigenvalue weighted by Gasteiger charge is 2.42. The second kappa shape index (κ2) is 10.4. The molecule has 0 spiro atoms. The first kappa shape index (κ1) is 24.2. The minimum absolute atomic E-state index is 0.0260. The van der Waals surface area contributed by atoms with Gasteiger partial charge in [-0.25, -0.2) is 4.79 Å². The van der Waals surface area contributed by atoms with Crippen molar-refractivity contribution in [1.29, 1.82) is 0 Å². The van der Waals surface area contributed by atoms with Crippen molar-refractivity contribution in [3.8, 4) is 5.75 Å². The van der Waals surface area contributed by atoms with Crippen molar-refractivity contribution in [2.24, 2.45) is 11.8 Å². The molecule has 4 N–H and O–H groups in total. The van der Waals surface area contributed by atoms with E-state index in [0.717, 1.165) is 0 Å². The maximum atomic E-state index is 12.8. The van der Waals surface area contributed by atoms with Crippen molar-refractivity contribution in [2.75, 3.05) is 11.5 Å². The zero-order valence-electron chi connectivity index (χ0n) is 17.8. The topological polar surface area (TPSA) is 105 Å². The largest absolute Gasteiger partial charge is 0.458 e. The zero-order valence-corrected chi connectivity index (χ0v) is 17.8. The monoisotopic (exact) mass is 462 g/mol. The Morgan fingerprint density at radius 1 is 0.970 bits per heavy atom. The molecule has 0 aliphatic heterocycles. The maximum Gasteiger partial charge on any atom is 0.391 e. The van der Waals surface area contributed by atoms with Gasteiger partial charge in [-0.15, -0.1) is 0 Å². The van der Waals surface area contributed by atoms with Gasteiger partial charge in [-0.3, -0.25) is 4.79 Å². The van der Waals surface area contributed by atoms with Crippen LogP contribution in [0, 0.1) is 11.8 Å². The minimum Gasteiger partial charge on any atom is -0.458 e. The van der Waals surface area contributed by atoms with Crippen molar-refractivity contribution in [3.63, 3.8) is 0 Å². The van der Waals surface area contributed by atoms with E-state index in [1.807, 2.05) is 0 Å². The fourth-order valence-corrected chi connectivity index (χ4v) is 3.70. The molecule has 1 saturated carbocycles. The summed E-state index contributed by atoms with van der Waals surface area (Å²) < 4.78 is 48.7. The van der Waals surface area contributed by atoms with Crippen LogP contribution in [0.25, 0.3) is 6.08 Å². The summed E-state index contributed by atoms with van der Waals surface area (Å²) in [6, 6.07) is 11.3. The number of alkyl halides is 3. The Bertz CT molecular complexity index is 991. The summed E-state index contributed by atoms with van der Waals surface area (Å²) >= 11 is 0. The van der Waals surface area contributed by atoms with Gasteiger partial charge in [0.1, 0.15) is 12.4 Å². The van der Waals surface area contributed by atoms with Gasteiger partial charge in [0.25, 0.3) is 0 Å². The lowest BCUT2D eigenvalue weighted by atomic mass is 9.82. The van der Waals surface area contributed by atoms with Crippen molar-refractivity contribution < 1.29 is 32.2 Å². The number of nitrogens with two attached hydrogens (primary N) is 2. The zero-order chi connectivity index (χ0) is 24.0. The summed E-state index contributed by atoms with van der Waals surface area (Å²) in [4.78, 5) is 24.2. The molecule has 2 aromatic carbocycles. The summed E-state index contributed by atoms with van der Waals surface area (Å²) in [5.41, 5.74) is 13.7. The average molecular weight is 462 g/mol. The van der Waals surface area contributed by atoms with Gasteiger partial charge in [0.2, 0.25) is 0 Å². The van der Waals surface area contributed by atoms with Crippen LogP contribution < -0.4 is 16.2 Å². The minimum atomic E-state index is -4.21. The molecule has 0 aromatic heterocycles. The number of esters is 2. The first-order valence-electron chi connectivity index (χ1n) is 10.5. The van der Waals surface area contributed by atoms with E-state index in [0.29, 0.717) is 22.5 Å². The quantitative estimate of drug-likeness (QED) is 0.274. The number of hydrogen-bond donors (Lipinski definition) is 2. The van der Waals surface area contributed by atoms with Gasteiger partial charge >= 0.3 is 18.1 Å². The Morgan fingerprint density at radius 2 is 1.58 bits per heavy atom. The number of anilines is 2. The molecule has 0 unspecified atom stereocenters. The highest BCUT2D eigenvalue weighted by atomic mass is 19.4. The lowest BCUT2D eigenvalue weighted by molar-refractivity contribution is -0.185. The summed E-state index contributed by atoms with van der Waals surface area (Å²) in [7, 11) is 0. The van der Waals surface area contributed by atoms with E-state index in [1.165, 1.54) is 6.08 Å². The van der Waals surface area contributed by atoms with Crippen molar-refractivity contribution in [3.05, 3.63) is 59.7 Å². The van der Waals surface area contributed by atoms with Crippen molar-refractivity contribution in [2.45, 2.75) is 38.5 Å². The fourth-order valence-electron chi connectivity index (χ4n) is 3.70. The predicted molar refractivity (Wildman–Crippen MR) is 118 cm³/mol. The van der Waals surface area contributed by atoms with Crippen LogP contribution in [0.1, 0.15) is 36.8 Å². The number of ether oxygens (including phenoxy) is 2.